The van der Waals surface area contributed by atoms with Gasteiger partial charge in [0.25, 0.3) is 0 Å². The van der Waals surface area contributed by atoms with Crippen LogP contribution < -0.4 is 15.4 Å². The molecule has 144 valence electrons. The Balaban J connectivity index is 1.48. The number of anilines is 3. The van der Waals surface area contributed by atoms with Gasteiger partial charge in [-0.25, -0.2) is 9.37 Å². The van der Waals surface area contributed by atoms with Crippen LogP contribution in [0.5, 0.6) is 5.75 Å². The molecular formula is C19H23ClFN5O. The summed E-state index contributed by atoms with van der Waals surface area (Å²) in [7, 11) is 3.75. The number of methoxy groups -OCH3 is 1. The van der Waals surface area contributed by atoms with Crippen molar-refractivity contribution in [1.82, 2.24) is 14.9 Å². The fraction of sp³-hybridized carbons (Fsp3) is 0.474. The molecule has 2 unspecified atom stereocenters. The molecule has 2 aromatic rings. The summed E-state index contributed by atoms with van der Waals surface area (Å²) in [6.45, 7) is 0. The average Bonchev–Trinajstić information content (AvgIpc) is 2.86. The molecule has 1 aromatic carbocycles. The van der Waals surface area contributed by atoms with E-state index in [0.717, 1.165) is 12.8 Å². The van der Waals surface area contributed by atoms with E-state index in [2.05, 4.69) is 32.5 Å². The molecule has 2 saturated heterocycles. The van der Waals surface area contributed by atoms with E-state index in [9.17, 15) is 4.39 Å². The topological polar surface area (TPSA) is 62.3 Å². The van der Waals surface area contributed by atoms with Crippen molar-refractivity contribution >= 4 is 29.1 Å². The molecule has 2 bridgehead atoms. The summed E-state index contributed by atoms with van der Waals surface area (Å²) in [6, 6.07) is 6.65. The average molecular weight is 392 g/mol. The van der Waals surface area contributed by atoms with Crippen LogP contribution in [0.1, 0.15) is 25.7 Å². The number of ether oxygens (including phenoxy) is 1. The lowest BCUT2D eigenvalue weighted by Gasteiger charge is -2.36. The van der Waals surface area contributed by atoms with Gasteiger partial charge in [-0.15, -0.1) is 0 Å². The first kappa shape index (κ1) is 18.3. The van der Waals surface area contributed by atoms with Crippen LogP contribution in [-0.4, -0.2) is 47.2 Å². The highest BCUT2D eigenvalue weighted by Crippen LogP contribution is 2.35. The van der Waals surface area contributed by atoms with E-state index in [1.165, 1.54) is 19.0 Å². The minimum Gasteiger partial charge on any atom is -0.495 e. The van der Waals surface area contributed by atoms with Crippen LogP contribution in [0.15, 0.2) is 24.4 Å². The van der Waals surface area contributed by atoms with Gasteiger partial charge in [0.1, 0.15) is 5.75 Å². The van der Waals surface area contributed by atoms with E-state index in [-0.39, 0.29) is 11.9 Å². The van der Waals surface area contributed by atoms with Crippen molar-refractivity contribution in [3.05, 3.63) is 35.2 Å². The quantitative estimate of drug-likeness (QED) is 0.801. The predicted octanol–water partition coefficient (Wildman–Crippen LogP) is 4.06. The van der Waals surface area contributed by atoms with Gasteiger partial charge in [-0.05, 0) is 50.9 Å². The molecule has 8 heteroatoms. The summed E-state index contributed by atoms with van der Waals surface area (Å²) in [5, 5.41) is 6.82. The van der Waals surface area contributed by atoms with Crippen molar-refractivity contribution in [2.45, 2.75) is 43.8 Å². The number of hydrogen-bond acceptors (Lipinski definition) is 6. The Morgan fingerprint density at radius 2 is 2.00 bits per heavy atom. The summed E-state index contributed by atoms with van der Waals surface area (Å²) in [4.78, 5) is 10.8. The lowest BCUT2D eigenvalue weighted by Crippen LogP contribution is -2.44. The van der Waals surface area contributed by atoms with Crippen LogP contribution in [0.25, 0.3) is 0 Å². The molecule has 0 saturated carbocycles. The first-order valence-corrected chi connectivity index (χ1v) is 9.53. The molecule has 27 heavy (non-hydrogen) atoms. The van der Waals surface area contributed by atoms with E-state index >= 15 is 0 Å². The van der Waals surface area contributed by atoms with Crippen molar-refractivity contribution in [2.75, 3.05) is 24.8 Å². The van der Waals surface area contributed by atoms with Crippen molar-refractivity contribution in [2.24, 2.45) is 0 Å². The molecule has 0 spiro atoms. The molecule has 6 nitrogen and oxygen atoms in total. The SMILES string of the molecule is COc1ccc(Nc2ncc(F)c(NC3CC4CCC(C3)N4C)n2)cc1Cl. The summed E-state index contributed by atoms with van der Waals surface area (Å²) >= 11 is 6.14. The van der Waals surface area contributed by atoms with Gasteiger partial charge >= 0.3 is 0 Å². The molecule has 2 aliphatic rings. The van der Waals surface area contributed by atoms with E-state index < -0.39 is 5.82 Å². The Bertz CT molecular complexity index is 822. The van der Waals surface area contributed by atoms with Crippen molar-refractivity contribution in [3.63, 3.8) is 0 Å². The normalized spacial score (nSPS) is 24.7. The maximum Gasteiger partial charge on any atom is 0.229 e. The summed E-state index contributed by atoms with van der Waals surface area (Å²) in [5.41, 5.74) is 0.704. The van der Waals surface area contributed by atoms with Gasteiger partial charge in [-0.3, -0.25) is 0 Å². The number of hydrogen-bond donors (Lipinski definition) is 2. The molecule has 2 fully saturated rings. The second-order valence-electron chi connectivity index (χ2n) is 7.23. The minimum atomic E-state index is -0.445. The van der Waals surface area contributed by atoms with E-state index in [4.69, 9.17) is 16.3 Å². The van der Waals surface area contributed by atoms with Crippen molar-refractivity contribution < 1.29 is 9.13 Å². The van der Waals surface area contributed by atoms with E-state index in [1.54, 1.807) is 25.3 Å². The lowest BCUT2D eigenvalue weighted by atomic mass is 9.98. The zero-order chi connectivity index (χ0) is 19.0. The number of halogens is 2. The van der Waals surface area contributed by atoms with Gasteiger partial charge in [-0.2, -0.15) is 4.98 Å². The number of nitrogens with one attached hydrogen (secondary N) is 2. The van der Waals surface area contributed by atoms with Crippen LogP contribution in [0.4, 0.5) is 21.8 Å². The third-order valence-electron chi connectivity index (χ3n) is 5.59. The van der Waals surface area contributed by atoms with Gasteiger partial charge in [0, 0.05) is 23.8 Å². The fourth-order valence-corrected chi connectivity index (χ4v) is 4.38. The fourth-order valence-electron chi connectivity index (χ4n) is 4.12. The molecule has 3 heterocycles. The van der Waals surface area contributed by atoms with Gasteiger partial charge in [0.2, 0.25) is 5.95 Å². The molecule has 4 rings (SSSR count). The number of piperidine rings is 1. The Labute approximate surface area is 163 Å². The standard InChI is InChI=1S/C19H23ClFN5O/c1-26-13-4-5-14(26)8-12(7-13)23-18-16(21)10-22-19(25-18)24-11-3-6-17(27-2)15(20)9-11/h3,6,9-10,12-14H,4-5,7-8H2,1-2H3,(H2,22,23,24,25). The first-order valence-electron chi connectivity index (χ1n) is 9.15. The summed E-state index contributed by atoms with van der Waals surface area (Å²) in [6.07, 6.45) is 5.64. The number of fused-ring (bicyclic) bond motifs is 2. The molecule has 0 aliphatic carbocycles. The first-order chi connectivity index (χ1) is 13.0. The number of aromatic nitrogens is 2. The number of rotatable bonds is 5. The molecule has 0 radical (unpaired) electrons. The Kier molecular flexibility index (Phi) is 5.06. The summed E-state index contributed by atoms with van der Waals surface area (Å²) < 4.78 is 19.4. The molecule has 2 atom stereocenters. The van der Waals surface area contributed by atoms with Crippen LogP contribution in [-0.2, 0) is 0 Å². The number of nitrogens with zero attached hydrogens (tertiary/aromatic N) is 3. The van der Waals surface area contributed by atoms with Crippen LogP contribution in [0.3, 0.4) is 0 Å². The molecular weight excluding hydrogens is 369 g/mol. The maximum atomic E-state index is 14.2. The molecule has 2 aliphatic heterocycles. The molecule has 2 N–H and O–H groups in total. The second-order valence-corrected chi connectivity index (χ2v) is 7.63. The maximum absolute atomic E-state index is 14.2. The van der Waals surface area contributed by atoms with Gasteiger partial charge < -0.3 is 20.3 Å². The third-order valence-corrected chi connectivity index (χ3v) is 5.89. The highest BCUT2D eigenvalue weighted by molar-refractivity contribution is 6.32. The highest BCUT2D eigenvalue weighted by atomic mass is 35.5. The van der Waals surface area contributed by atoms with Gasteiger partial charge in [-0.1, -0.05) is 11.6 Å². The van der Waals surface area contributed by atoms with Crippen LogP contribution >= 0.6 is 11.6 Å². The second kappa shape index (κ2) is 7.48. The Morgan fingerprint density at radius 3 is 2.67 bits per heavy atom. The van der Waals surface area contributed by atoms with Gasteiger partial charge in [0.15, 0.2) is 11.6 Å². The zero-order valence-electron chi connectivity index (χ0n) is 15.4. The Morgan fingerprint density at radius 1 is 1.26 bits per heavy atom. The number of benzene rings is 1. The monoisotopic (exact) mass is 391 g/mol. The van der Waals surface area contributed by atoms with Crippen molar-refractivity contribution in [3.8, 4) is 5.75 Å². The molecule has 1 aromatic heterocycles. The zero-order valence-corrected chi connectivity index (χ0v) is 16.1. The van der Waals surface area contributed by atoms with Crippen LogP contribution in [0.2, 0.25) is 5.02 Å². The summed E-state index contributed by atoms with van der Waals surface area (Å²) in [5.74, 6) is 0.693. The van der Waals surface area contributed by atoms with E-state index in [0.29, 0.717) is 34.5 Å². The van der Waals surface area contributed by atoms with Gasteiger partial charge in [0.05, 0.1) is 18.3 Å². The van der Waals surface area contributed by atoms with Crippen LogP contribution in [0, 0.1) is 5.82 Å². The Hall–Kier alpha value is -2.12. The molecule has 0 amide bonds. The predicted molar refractivity (Wildman–Crippen MR) is 104 cm³/mol. The van der Waals surface area contributed by atoms with E-state index in [1.807, 2.05) is 0 Å². The highest BCUT2D eigenvalue weighted by Gasteiger charge is 2.38. The van der Waals surface area contributed by atoms with Crippen molar-refractivity contribution in [1.29, 1.82) is 0 Å². The smallest absolute Gasteiger partial charge is 0.229 e. The minimum absolute atomic E-state index is 0.228. The largest absolute Gasteiger partial charge is 0.495 e. The lowest BCUT2D eigenvalue weighted by molar-refractivity contribution is 0.168. The third kappa shape index (κ3) is 3.80.